The Labute approximate surface area is 160 Å². The molecule has 2 unspecified atom stereocenters. The molecule has 2 atom stereocenters. The first-order chi connectivity index (χ1) is 12.9. The first-order valence-corrected chi connectivity index (χ1v) is 10.5. The number of rotatable bonds is 4. The Kier molecular flexibility index (Phi) is 6.89. The Hall–Kier alpha value is -1.02. The van der Waals surface area contributed by atoms with Crippen LogP contribution in [0.25, 0.3) is 0 Å². The van der Waals surface area contributed by atoms with Gasteiger partial charge < -0.3 is 15.1 Å². The molecule has 1 aliphatic carbocycles. The third-order valence-corrected chi connectivity index (χ3v) is 6.57. The number of nitrogens with one attached hydrogen (secondary N) is 1. The molecule has 0 spiro atoms. The fourth-order valence-electron chi connectivity index (χ4n) is 4.83. The van der Waals surface area contributed by atoms with Crippen LogP contribution in [0.5, 0.6) is 0 Å². The van der Waals surface area contributed by atoms with Crippen molar-refractivity contribution < 1.29 is 18.0 Å². The molecule has 1 saturated carbocycles. The third-order valence-electron chi connectivity index (χ3n) is 6.57. The van der Waals surface area contributed by atoms with E-state index in [1.807, 2.05) is 0 Å². The van der Waals surface area contributed by atoms with Crippen LogP contribution >= 0.6 is 0 Å². The highest BCUT2D eigenvalue weighted by Gasteiger charge is 2.46. The number of hydrogen-bond donors (Lipinski definition) is 1. The van der Waals surface area contributed by atoms with Crippen molar-refractivity contribution in [1.29, 1.82) is 0 Å². The molecule has 27 heavy (non-hydrogen) atoms. The molecule has 3 fully saturated rings. The number of urea groups is 1. The van der Waals surface area contributed by atoms with Crippen LogP contribution in [0.15, 0.2) is 0 Å². The first-order valence-electron chi connectivity index (χ1n) is 10.5. The summed E-state index contributed by atoms with van der Waals surface area (Å²) in [6, 6.07) is -1.98. The van der Waals surface area contributed by atoms with Gasteiger partial charge in [-0.05, 0) is 31.7 Å². The molecule has 0 aromatic heterocycles. The molecule has 1 N–H and O–H groups in total. The molecule has 8 heteroatoms. The number of piperazine rings is 1. The van der Waals surface area contributed by atoms with Crippen LogP contribution in [0, 0.1) is 5.92 Å². The Bertz CT molecular complexity index is 488. The summed E-state index contributed by atoms with van der Waals surface area (Å²) in [5.74, 6) is -0.483. The summed E-state index contributed by atoms with van der Waals surface area (Å²) < 4.78 is 40.6. The van der Waals surface area contributed by atoms with E-state index in [4.69, 9.17) is 0 Å². The Morgan fingerprint density at radius 1 is 1.04 bits per heavy atom. The van der Waals surface area contributed by atoms with Crippen molar-refractivity contribution in [1.82, 2.24) is 20.0 Å². The minimum atomic E-state index is -4.38. The lowest BCUT2D eigenvalue weighted by molar-refractivity contribution is -0.167. The van der Waals surface area contributed by atoms with Crippen molar-refractivity contribution in [2.75, 3.05) is 45.8 Å². The number of hydrogen-bond acceptors (Lipinski definition) is 3. The Morgan fingerprint density at radius 2 is 1.70 bits per heavy atom. The van der Waals surface area contributed by atoms with Gasteiger partial charge in [-0.1, -0.05) is 26.2 Å². The van der Waals surface area contributed by atoms with Crippen molar-refractivity contribution in [2.24, 2.45) is 5.92 Å². The van der Waals surface area contributed by atoms with Crippen molar-refractivity contribution in [3.05, 3.63) is 0 Å². The minimum Gasteiger partial charge on any atom is -0.326 e. The lowest BCUT2D eigenvalue weighted by Gasteiger charge is -2.37. The van der Waals surface area contributed by atoms with Gasteiger partial charge in [-0.3, -0.25) is 4.90 Å². The summed E-state index contributed by atoms with van der Waals surface area (Å²) in [5.41, 5.74) is 0. The van der Waals surface area contributed by atoms with E-state index in [2.05, 4.69) is 22.0 Å². The smallest absolute Gasteiger partial charge is 0.326 e. The Morgan fingerprint density at radius 3 is 2.30 bits per heavy atom. The maximum Gasteiger partial charge on any atom is 0.408 e. The second-order valence-electron chi connectivity index (χ2n) is 8.23. The van der Waals surface area contributed by atoms with E-state index in [0.717, 1.165) is 58.4 Å². The fraction of sp³-hybridized carbons (Fsp3) is 0.947. The van der Waals surface area contributed by atoms with Crippen molar-refractivity contribution >= 4 is 6.03 Å². The van der Waals surface area contributed by atoms with Crippen LogP contribution < -0.4 is 5.32 Å². The molecule has 156 valence electrons. The lowest BCUT2D eigenvalue weighted by atomic mass is 9.83. The average Bonchev–Trinajstić information content (AvgIpc) is 3.16. The van der Waals surface area contributed by atoms with E-state index in [0.29, 0.717) is 25.9 Å². The topological polar surface area (TPSA) is 38.8 Å². The van der Waals surface area contributed by atoms with E-state index < -0.39 is 24.2 Å². The summed E-state index contributed by atoms with van der Waals surface area (Å²) in [7, 11) is 0. The van der Waals surface area contributed by atoms with Crippen LogP contribution in [0.3, 0.4) is 0 Å². The van der Waals surface area contributed by atoms with Crippen LogP contribution in [0.1, 0.15) is 45.4 Å². The normalized spacial score (nSPS) is 27.7. The molecule has 0 radical (unpaired) electrons. The molecule has 0 aromatic carbocycles. The van der Waals surface area contributed by atoms with Crippen molar-refractivity contribution in [3.8, 4) is 0 Å². The van der Waals surface area contributed by atoms with Gasteiger partial charge in [0.25, 0.3) is 0 Å². The van der Waals surface area contributed by atoms with Crippen LogP contribution in [0.2, 0.25) is 0 Å². The summed E-state index contributed by atoms with van der Waals surface area (Å²) >= 11 is 0. The van der Waals surface area contributed by atoms with Gasteiger partial charge in [-0.15, -0.1) is 0 Å². The molecular formula is C19H33F3N4O. The molecule has 2 aliphatic heterocycles. The molecular weight excluding hydrogens is 357 g/mol. The predicted octanol–water partition coefficient (Wildman–Crippen LogP) is 2.92. The highest BCUT2D eigenvalue weighted by molar-refractivity contribution is 5.75. The van der Waals surface area contributed by atoms with Gasteiger partial charge in [0.1, 0.15) is 6.04 Å². The molecule has 2 heterocycles. The van der Waals surface area contributed by atoms with E-state index in [-0.39, 0.29) is 6.04 Å². The minimum absolute atomic E-state index is 0.272. The van der Waals surface area contributed by atoms with E-state index in [1.165, 1.54) is 0 Å². The van der Waals surface area contributed by atoms with Gasteiger partial charge in [-0.2, -0.15) is 13.2 Å². The van der Waals surface area contributed by atoms with Crippen molar-refractivity contribution in [3.63, 3.8) is 0 Å². The summed E-state index contributed by atoms with van der Waals surface area (Å²) in [5, 5.41) is 2.34. The third kappa shape index (κ3) is 5.28. The van der Waals surface area contributed by atoms with E-state index in [9.17, 15) is 18.0 Å². The fourth-order valence-corrected chi connectivity index (χ4v) is 4.83. The first kappa shape index (κ1) is 20.7. The molecule has 3 rings (SSSR count). The Balaban J connectivity index is 1.52. The van der Waals surface area contributed by atoms with E-state index in [1.54, 1.807) is 4.90 Å². The van der Waals surface area contributed by atoms with Gasteiger partial charge in [0.15, 0.2) is 0 Å². The van der Waals surface area contributed by atoms with Gasteiger partial charge in [0, 0.05) is 45.3 Å². The second kappa shape index (κ2) is 8.99. The number of nitrogens with zero attached hydrogens (tertiary/aromatic N) is 3. The van der Waals surface area contributed by atoms with E-state index >= 15 is 0 Å². The molecule has 5 nitrogen and oxygen atoms in total. The van der Waals surface area contributed by atoms with Crippen molar-refractivity contribution in [2.45, 2.75) is 63.7 Å². The average molecular weight is 390 g/mol. The quantitative estimate of drug-likeness (QED) is 0.802. The molecule has 0 aromatic rings. The largest absolute Gasteiger partial charge is 0.408 e. The predicted molar refractivity (Wildman–Crippen MR) is 98.6 cm³/mol. The second-order valence-corrected chi connectivity index (χ2v) is 8.23. The van der Waals surface area contributed by atoms with Gasteiger partial charge in [-0.25, -0.2) is 4.79 Å². The standard InChI is InChI=1S/C19H33F3N4O/c1-2-24-10-12-25(13-11-24)16-8-9-26(14-16)18(27)23-17(19(20,21)22)15-6-4-3-5-7-15/h15-17H,2-14H2,1H3,(H,23,27). The van der Waals surface area contributed by atoms with Gasteiger partial charge in [0.05, 0.1) is 0 Å². The molecule has 3 aliphatic rings. The lowest BCUT2D eigenvalue weighted by Crippen LogP contribution is -2.55. The molecule has 2 amide bonds. The SMILES string of the molecule is CCN1CCN(C2CCN(C(=O)NC(C3CCCCC3)C(F)(F)F)C2)CC1. The number of halogens is 3. The van der Waals surface area contributed by atoms with Crippen LogP contribution in [0.4, 0.5) is 18.0 Å². The number of carbonyl (C=O) groups is 1. The summed E-state index contributed by atoms with van der Waals surface area (Å²) in [6.07, 6.45) is 0.204. The monoisotopic (exact) mass is 390 g/mol. The van der Waals surface area contributed by atoms with Gasteiger partial charge in [0.2, 0.25) is 0 Å². The zero-order valence-electron chi connectivity index (χ0n) is 16.3. The molecule has 2 saturated heterocycles. The maximum absolute atomic E-state index is 13.5. The summed E-state index contributed by atoms with van der Waals surface area (Å²) in [6.45, 7) is 8.27. The zero-order chi connectivity index (χ0) is 19.4. The van der Waals surface area contributed by atoms with Crippen LogP contribution in [-0.4, -0.2) is 84.8 Å². The number of likely N-dealkylation sites (tertiary alicyclic amines) is 1. The highest BCUT2D eigenvalue weighted by atomic mass is 19.4. The molecule has 0 bridgehead atoms. The number of alkyl halides is 3. The number of amides is 2. The number of likely N-dealkylation sites (N-methyl/N-ethyl adjacent to an activating group) is 1. The zero-order valence-corrected chi connectivity index (χ0v) is 16.3. The highest BCUT2D eigenvalue weighted by Crippen LogP contribution is 2.35. The van der Waals surface area contributed by atoms with Crippen LogP contribution in [-0.2, 0) is 0 Å². The summed E-state index contributed by atoms with van der Waals surface area (Å²) in [4.78, 5) is 18.9. The maximum atomic E-state index is 13.5. The van der Waals surface area contributed by atoms with Gasteiger partial charge >= 0.3 is 12.2 Å². The number of carbonyl (C=O) groups excluding carboxylic acids is 1.